The van der Waals surface area contributed by atoms with Crippen LogP contribution in [0.5, 0.6) is 5.75 Å². The van der Waals surface area contributed by atoms with E-state index in [0.717, 1.165) is 19.3 Å². The van der Waals surface area contributed by atoms with Gasteiger partial charge >= 0.3 is 5.97 Å². The number of allylic oxidation sites excluding steroid dienone is 2. The zero-order chi connectivity index (χ0) is 25.1. The Hall–Kier alpha value is -1.60. The Kier molecular flexibility index (Phi) is 11.9. The second kappa shape index (κ2) is 14.1. The summed E-state index contributed by atoms with van der Waals surface area (Å²) < 4.78 is 10.9. The van der Waals surface area contributed by atoms with E-state index in [1.54, 1.807) is 24.3 Å². The average Bonchev–Trinajstić information content (AvgIpc) is 3.03. The summed E-state index contributed by atoms with van der Waals surface area (Å²) in [6, 6.07) is 7.04. The number of carbonyl (C=O) groups is 1. The number of ether oxygens (including phenoxy) is 2. The largest absolute Gasteiger partial charge is 0.491 e. The molecule has 0 aromatic heterocycles. The molecule has 0 bridgehead atoms. The van der Waals surface area contributed by atoms with E-state index in [9.17, 15) is 20.1 Å². The summed E-state index contributed by atoms with van der Waals surface area (Å²) >= 11 is 5.95. The van der Waals surface area contributed by atoms with Gasteiger partial charge in [0, 0.05) is 5.02 Å². The smallest absolute Gasteiger partial charge is 0.311 e. The van der Waals surface area contributed by atoms with Crippen molar-refractivity contribution >= 4 is 17.6 Å². The van der Waals surface area contributed by atoms with Crippen LogP contribution in [0.4, 0.5) is 0 Å². The van der Waals surface area contributed by atoms with E-state index >= 15 is 0 Å². The molecule has 0 radical (unpaired) electrons. The zero-order valence-corrected chi connectivity index (χ0v) is 21.4. The topological polar surface area (TPSA) is 96.2 Å². The van der Waals surface area contributed by atoms with Crippen molar-refractivity contribution in [1.29, 1.82) is 0 Å². The van der Waals surface area contributed by atoms with E-state index in [-0.39, 0.29) is 24.4 Å². The van der Waals surface area contributed by atoms with Crippen LogP contribution in [0.15, 0.2) is 36.4 Å². The molecule has 1 aliphatic rings. The van der Waals surface area contributed by atoms with E-state index in [1.807, 2.05) is 20.8 Å². The van der Waals surface area contributed by atoms with Crippen LogP contribution in [-0.4, -0.2) is 52.8 Å². The van der Waals surface area contributed by atoms with Crippen molar-refractivity contribution < 1.29 is 29.6 Å². The first kappa shape index (κ1) is 28.6. The molecule has 1 aromatic rings. The Morgan fingerprint density at radius 1 is 1.18 bits per heavy atom. The number of carbonyl (C=O) groups excluding carboxylic acids is 1. The number of aliphatic hydroxyl groups is 3. The first-order valence-corrected chi connectivity index (χ1v) is 12.7. The van der Waals surface area contributed by atoms with Crippen LogP contribution < -0.4 is 4.74 Å². The molecule has 5 atom stereocenters. The lowest BCUT2D eigenvalue weighted by molar-refractivity contribution is -0.153. The van der Waals surface area contributed by atoms with E-state index in [1.165, 1.54) is 0 Å². The van der Waals surface area contributed by atoms with Crippen molar-refractivity contribution in [1.82, 2.24) is 0 Å². The SMILES string of the molecule is CC(C)(C)C(=O)OCCCC/C=C\C[C@H]1C(O)CC(O)[C@@H]1CCC(O)COc1cccc(Cl)c1. The standard InChI is InChI=1S/C27H41ClO6/c1-27(2,3)26(32)33-15-8-6-4-5-7-12-22-23(25(31)17-24(22)30)14-13-20(29)18-34-21-11-9-10-19(28)16-21/h5,7,9-11,16,20,22-25,29-31H,4,6,8,12-15,17-18H2,1-3H3/b7-5-/t20?,22-,23-,24?,25?/m1/s1. The maximum absolute atomic E-state index is 11.7. The van der Waals surface area contributed by atoms with Gasteiger partial charge in [-0.05, 0) is 95.8 Å². The van der Waals surface area contributed by atoms with Gasteiger partial charge in [0.2, 0.25) is 0 Å². The summed E-state index contributed by atoms with van der Waals surface area (Å²) in [5.41, 5.74) is -0.470. The van der Waals surface area contributed by atoms with Crippen LogP contribution in [0.2, 0.25) is 5.02 Å². The average molecular weight is 497 g/mol. The molecule has 7 heteroatoms. The molecule has 1 fully saturated rings. The highest BCUT2D eigenvalue weighted by atomic mass is 35.5. The third-order valence-corrected chi connectivity index (χ3v) is 6.51. The van der Waals surface area contributed by atoms with E-state index in [0.29, 0.717) is 43.1 Å². The summed E-state index contributed by atoms with van der Waals surface area (Å²) in [6.07, 6.45) is 7.18. The Balaban J connectivity index is 1.68. The number of unbranched alkanes of at least 4 members (excludes halogenated alkanes) is 2. The maximum Gasteiger partial charge on any atom is 0.311 e. The van der Waals surface area contributed by atoms with Crippen molar-refractivity contribution in [3.05, 3.63) is 41.4 Å². The van der Waals surface area contributed by atoms with Crippen LogP contribution in [0, 0.1) is 17.3 Å². The predicted molar refractivity (Wildman–Crippen MR) is 134 cm³/mol. The van der Waals surface area contributed by atoms with Crippen LogP contribution in [-0.2, 0) is 9.53 Å². The number of hydrogen-bond donors (Lipinski definition) is 3. The molecule has 1 aliphatic carbocycles. The molecule has 0 spiro atoms. The highest BCUT2D eigenvalue weighted by Gasteiger charge is 2.40. The van der Waals surface area contributed by atoms with Gasteiger partial charge in [-0.2, -0.15) is 0 Å². The fourth-order valence-electron chi connectivity index (χ4n) is 4.24. The predicted octanol–water partition coefficient (Wildman–Crippen LogP) is 4.92. The van der Waals surface area contributed by atoms with Gasteiger partial charge < -0.3 is 24.8 Å². The fraction of sp³-hybridized carbons (Fsp3) is 0.667. The molecule has 0 saturated heterocycles. The molecular formula is C27H41ClO6. The molecule has 1 aromatic carbocycles. The van der Waals surface area contributed by atoms with Crippen molar-refractivity contribution in [2.24, 2.45) is 17.3 Å². The zero-order valence-electron chi connectivity index (χ0n) is 20.7. The van der Waals surface area contributed by atoms with Crippen LogP contribution >= 0.6 is 11.6 Å². The number of benzene rings is 1. The molecule has 3 N–H and O–H groups in total. The van der Waals surface area contributed by atoms with Crippen LogP contribution in [0.1, 0.15) is 65.7 Å². The second-order valence-corrected chi connectivity index (χ2v) is 10.7. The third-order valence-electron chi connectivity index (χ3n) is 6.28. The molecule has 0 aliphatic heterocycles. The Labute approximate surface area is 208 Å². The minimum Gasteiger partial charge on any atom is -0.491 e. The lowest BCUT2D eigenvalue weighted by Gasteiger charge is -2.23. The number of rotatable bonds is 13. The highest BCUT2D eigenvalue weighted by molar-refractivity contribution is 6.30. The summed E-state index contributed by atoms with van der Waals surface area (Å²) in [5.74, 6) is 0.347. The van der Waals surface area contributed by atoms with Gasteiger partial charge in [0.1, 0.15) is 12.4 Å². The van der Waals surface area contributed by atoms with Gasteiger partial charge in [-0.1, -0.05) is 29.8 Å². The summed E-state index contributed by atoms with van der Waals surface area (Å²) in [5, 5.41) is 31.8. The minimum absolute atomic E-state index is 0.0277. The minimum atomic E-state index is -0.660. The molecule has 6 nitrogen and oxygen atoms in total. The van der Waals surface area contributed by atoms with Crippen LogP contribution in [0.3, 0.4) is 0 Å². The molecule has 2 rings (SSSR count). The van der Waals surface area contributed by atoms with Crippen molar-refractivity contribution in [3.8, 4) is 5.75 Å². The molecule has 0 amide bonds. The summed E-state index contributed by atoms with van der Waals surface area (Å²) in [6.45, 7) is 6.12. The molecule has 3 unspecified atom stereocenters. The van der Waals surface area contributed by atoms with Gasteiger partial charge in [-0.3, -0.25) is 4.79 Å². The lowest BCUT2D eigenvalue weighted by Crippen LogP contribution is -2.25. The molecule has 192 valence electrons. The summed E-state index contributed by atoms with van der Waals surface area (Å²) in [7, 11) is 0. The normalized spacial score (nSPS) is 23.9. The quantitative estimate of drug-likeness (QED) is 0.204. The fourth-order valence-corrected chi connectivity index (χ4v) is 4.42. The second-order valence-electron chi connectivity index (χ2n) is 10.3. The Morgan fingerprint density at radius 2 is 1.91 bits per heavy atom. The summed E-state index contributed by atoms with van der Waals surface area (Å²) in [4.78, 5) is 11.7. The first-order valence-electron chi connectivity index (χ1n) is 12.3. The molecular weight excluding hydrogens is 456 g/mol. The number of hydrogen-bond acceptors (Lipinski definition) is 6. The monoisotopic (exact) mass is 496 g/mol. The molecule has 34 heavy (non-hydrogen) atoms. The van der Waals surface area contributed by atoms with E-state index < -0.39 is 23.7 Å². The first-order chi connectivity index (χ1) is 16.1. The van der Waals surface area contributed by atoms with Crippen molar-refractivity contribution in [2.45, 2.75) is 84.0 Å². The number of aliphatic hydroxyl groups excluding tert-OH is 3. The van der Waals surface area contributed by atoms with Crippen molar-refractivity contribution in [3.63, 3.8) is 0 Å². The Bertz CT molecular complexity index is 775. The molecule has 0 heterocycles. The van der Waals surface area contributed by atoms with E-state index in [4.69, 9.17) is 21.1 Å². The van der Waals surface area contributed by atoms with Gasteiger partial charge in [-0.15, -0.1) is 0 Å². The van der Waals surface area contributed by atoms with Crippen LogP contribution in [0.25, 0.3) is 0 Å². The number of esters is 1. The van der Waals surface area contributed by atoms with Crippen molar-refractivity contribution in [2.75, 3.05) is 13.2 Å². The van der Waals surface area contributed by atoms with Gasteiger partial charge in [-0.25, -0.2) is 0 Å². The van der Waals surface area contributed by atoms with Gasteiger partial charge in [0.25, 0.3) is 0 Å². The van der Waals surface area contributed by atoms with E-state index in [2.05, 4.69) is 12.2 Å². The lowest BCUT2D eigenvalue weighted by atomic mass is 9.86. The number of halogens is 1. The highest BCUT2D eigenvalue weighted by Crippen LogP contribution is 2.38. The third kappa shape index (κ3) is 9.95. The Morgan fingerprint density at radius 3 is 2.62 bits per heavy atom. The molecule has 1 saturated carbocycles. The van der Waals surface area contributed by atoms with Gasteiger partial charge in [0.05, 0.1) is 30.3 Å². The van der Waals surface area contributed by atoms with Gasteiger partial charge in [0.15, 0.2) is 0 Å². The maximum atomic E-state index is 11.7.